The maximum Gasteiger partial charge on any atom is 0.247 e. The number of hydrogen-bond donors (Lipinski definition) is 1. The Hall–Kier alpha value is -5.20. The first-order chi connectivity index (χ1) is 19.9. The Bertz CT molecular complexity index is 1800. The van der Waals surface area contributed by atoms with Crippen LogP contribution in [0, 0.1) is 11.3 Å². The number of rotatable bonds is 6. The van der Waals surface area contributed by atoms with Crippen LogP contribution in [0.3, 0.4) is 0 Å². The van der Waals surface area contributed by atoms with E-state index in [0.29, 0.717) is 5.56 Å². The Balaban J connectivity index is 1.39. The van der Waals surface area contributed by atoms with Crippen LogP contribution in [-0.2, 0) is 11.8 Å². The number of likely N-dealkylation sites (N-methyl/N-ethyl adjacent to an activating group) is 1. The smallest absolute Gasteiger partial charge is 0.247 e. The van der Waals surface area contributed by atoms with Crippen LogP contribution in [-0.4, -0.2) is 63.4 Å². The van der Waals surface area contributed by atoms with Gasteiger partial charge in [0.15, 0.2) is 0 Å². The monoisotopic (exact) mass is 542 g/mol. The Morgan fingerprint density at radius 2 is 1.63 bits per heavy atom. The van der Waals surface area contributed by atoms with Gasteiger partial charge in [-0.3, -0.25) is 9.48 Å². The van der Waals surface area contributed by atoms with E-state index in [1.165, 1.54) is 6.08 Å². The molecule has 41 heavy (non-hydrogen) atoms. The topological polar surface area (TPSA) is 94.5 Å². The van der Waals surface area contributed by atoms with Crippen LogP contribution in [0.1, 0.15) is 5.56 Å². The number of nitriles is 1. The van der Waals surface area contributed by atoms with Crippen LogP contribution in [0.2, 0.25) is 0 Å². The average Bonchev–Trinajstić information content (AvgIpc) is 3.63. The fourth-order valence-electron chi connectivity index (χ4n) is 5.30. The van der Waals surface area contributed by atoms with Crippen LogP contribution in [0.15, 0.2) is 86.0 Å². The third-order valence-electron chi connectivity index (χ3n) is 7.58. The minimum absolute atomic E-state index is 0.228. The number of aryl methyl sites for hydroxylation is 1. The van der Waals surface area contributed by atoms with Gasteiger partial charge in [-0.2, -0.15) is 15.5 Å². The van der Waals surface area contributed by atoms with Crippen molar-refractivity contribution in [1.29, 1.82) is 5.26 Å². The number of carbonyl (C=O) groups excluding carboxylic acids is 1. The first-order valence-electron chi connectivity index (χ1n) is 13.5. The molecule has 0 aliphatic carbocycles. The molecule has 2 aromatic carbocycles. The highest BCUT2D eigenvalue weighted by Gasteiger charge is 2.19. The molecule has 3 aromatic heterocycles. The Labute approximate surface area is 238 Å². The van der Waals surface area contributed by atoms with Gasteiger partial charge in [0.25, 0.3) is 0 Å². The molecule has 0 radical (unpaired) electrons. The summed E-state index contributed by atoms with van der Waals surface area (Å²) in [4.78, 5) is 16.8. The summed E-state index contributed by atoms with van der Waals surface area (Å²) >= 11 is 0. The predicted octanol–water partition coefficient (Wildman–Crippen LogP) is 4.82. The Kier molecular flexibility index (Phi) is 6.83. The van der Waals surface area contributed by atoms with Gasteiger partial charge in [0, 0.05) is 62.3 Å². The Morgan fingerprint density at radius 3 is 2.32 bits per heavy atom. The van der Waals surface area contributed by atoms with Crippen LogP contribution < -0.4 is 10.2 Å². The molecular formula is C32H30N8O. The van der Waals surface area contributed by atoms with E-state index in [-0.39, 0.29) is 5.91 Å². The first kappa shape index (κ1) is 26.0. The second kappa shape index (κ2) is 10.8. The number of anilines is 2. The highest BCUT2D eigenvalue weighted by molar-refractivity contribution is 6.01. The van der Waals surface area contributed by atoms with Crippen molar-refractivity contribution in [2.24, 2.45) is 7.05 Å². The molecule has 0 atom stereocenters. The number of nitrogens with zero attached hydrogens (tertiary/aromatic N) is 7. The fourth-order valence-corrected chi connectivity index (χ4v) is 5.30. The lowest BCUT2D eigenvalue weighted by atomic mass is 9.97. The third-order valence-corrected chi connectivity index (χ3v) is 7.58. The second-order valence-corrected chi connectivity index (χ2v) is 10.3. The molecule has 6 rings (SSSR count). The normalized spacial score (nSPS) is 13.7. The van der Waals surface area contributed by atoms with Crippen LogP contribution in [0.5, 0.6) is 0 Å². The lowest BCUT2D eigenvalue weighted by Crippen LogP contribution is -2.44. The molecule has 0 bridgehead atoms. The summed E-state index contributed by atoms with van der Waals surface area (Å²) in [6.45, 7) is 7.27. The van der Waals surface area contributed by atoms with Crippen molar-refractivity contribution in [3.63, 3.8) is 0 Å². The predicted molar refractivity (Wildman–Crippen MR) is 162 cm³/mol. The van der Waals surface area contributed by atoms with Gasteiger partial charge in [0.05, 0.1) is 34.8 Å². The number of fused-ring (bicyclic) bond motifs is 1. The van der Waals surface area contributed by atoms with E-state index in [2.05, 4.69) is 81.4 Å². The largest absolute Gasteiger partial charge is 0.367 e. The van der Waals surface area contributed by atoms with Gasteiger partial charge in [-0.25, -0.2) is 4.52 Å². The Morgan fingerprint density at radius 1 is 0.902 bits per heavy atom. The number of aromatic nitrogens is 4. The lowest BCUT2D eigenvalue weighted by molar-refractivity contribution is -0.111. The van der Waals surface area contributed by atoms with Crippen molar-refractivity contribution in [2.45, 2.75) is 0 Å². The van der Waals surface area contributed by atoms with E-state index in [1.54, 1.807) is 15.4 Å². The molecule has 9 nitrogen and oxygen atoms in total. The molecule has 1 amide bonds. The van der Waals surface area contributed by atoms with Gasteiger partial charge in [0.2, 0.25) is 5.91 Å². The summed E-state index contributed by atoms with van der Waals surface area (Å²) < 4.78 is 3.53. The quantitative estimate of drug-likeness (QED) is 0.309. The summed E-state index contributed by atoms with van der Waals surface area (Å²) in [5, 5.41) is 21.5. The van der Waals surface area contributed by atoms with Crippen molar-refractivity contribution in [3.05, 3.63) is 91.5 Å². The van der Waals surface area contributed by atoms with Gasteiger partial charge >= 0.3 is 0 Å². The van der Waals surface area contributed by atoms with Crippen LogP contribution in [0.4, 0.5) is 11.4 Å². The average molecular weight is 543 g/mol. The second-order valence-electron chi connectivity index (χ2n) is 10.3. The molecule has 0 saturated carbocycles. The van der Waals surface area contributed by atoms with Crippen molar-refractivity contribution >= 4 is 22.8 Å². The zero-order valence-corrected chi connectivity index (χ0v) is 23.1. The van der Waals surface area contributed by atoms with E-state index in [4.69, 9.17) is 0 Å². The molecule has 0 spiro atoms. The molecule has 204 valence electrons. The molecule has 1 aliphatic rings. The number of carbonyl (C=O) groups is 1. The summed E-state index contributed by atoms with van der Waals surface area (Å²) in [7, 11) is 4.01. The molecule has 0 unspecified atom stereocenters. The molecule has 1 saturated heterocycles. The zero-order chi connectivity index (χ0) is 28.5. The highest BCUT2D eigenvalue weighted by Crippen LogP contribution is 2.36. The van der Waals surface area contributed by atoms with Crippen molar-refractivity contribution in [3.8, 4) is 39.4 Å². The molecule has 1 N–H and O–H groups in total. The van der Waals surface area contributed by atoms with E-state index < -0.39 is 0 Å². The molecule has 4 heterocycles. The van der Waals surface area contributed by atoms with Crippen molar-refractivity contribution in [1.82, 2.24) is 24.3 Å². The van der Waals surface area contributed by atoms with E-state index in [1.807, 2.05) is 37.8 Å². The third kappa shape index (κ3) is 5.09. The summed E-state index contributed by atoms with van der Waals surface area (Å²) in [5.41, 5.74) is 9.02. The van der Waals surface area contributed by atoms with E-state index in [9.17, 15) is 10.1 Å². The number of piperazine rings is 1. The molecule has 9 heteroatoms. The lowest BCUT2D eigenvalue weighted by Gasteiger charge is -2.35. The molecule has 1 fully saturated rings. The van der Waals surface area contributed by atoms with Gasteiger partial charge in [-0.05, 0) is 48.0 Å². The zero-order valence-electron chi connectivity index (χ0n) is 23.1. The summed E-state index contributed by atoms with van der Waals surface area (Å²) in [6.07, 6.45) is 8.60. The van der Waals surface area contributed by atoms with Gasteiger partial charge in [0.1, 0.15) is 6.07 Å². The molecule has 5 aromatic rings. The number of nitrogens with one attached hydrogen (secondary N) is 1. The summed E-state index contributed by atoms with van der Waals surface area (Å²) in [5.74, 6) is -0.228. The SMILES string of the molecule is C=CC(=O)Nc1ccc(-c2ccc(-c3cc(-c4cnn(C)c4)cn4ncc(C#N)c34)cc2)cc1N1CCN(C)CC1. The van der Waals surface area contributed by atoms with Crippen LogP contribution in [0.25, 0.3) is 38.9 Å². The van der Waals surface area contributed by atoms with Crippen LogP contribution >= 0.6 is 0 Å². The highest BCUT2D eigenvalue weighted by atomic mass is 16.1. The molecular weight excluding hydrogens is 512 g/mol. The van der Waals surface area contributed by atoms with Gasteiger partial charge in [-0.15, -0.1) is 0 Å². The van der Waals surface area contributed by atoms with Crippen molar-refractivity contribution in [2.75, 3.05) is 43.4 Å². The fraction of sp³-hybridized carbons (Fsp3) is 0.188. The number of amides is 1. The maximum atomic E-state index is 12.1. The van der Waals surface area contributed by atoms with E-state index >= 15 is 0 Å². The van der Waals surface area contributed by atoms with E-state index in [0.717, 1.165) is 76.5 Å². The molecule has 1 aliphatic heterocycles. The standard InChI is InChI=1S/C32H30N8O/c1-4-31(41)36-29-10-9-24(16-30(29)39-13-11-37(2)12-14-39)22-5-7-23(8-6-22)28-15-25(27-19-34-38(3)20-27)21-40-32(28)26(17-33)18-35-40/h4-10,15-16,18-21H,1,11-14H2,2-3H3,(H,36,41). The van der Waals surface area contributed by atoms with Gasteiger partial charge in [-0.1, -0.05) is 36.9 Å². The first-order valence-corrected chi connectivity index (χ1v) is 13.5. The van der Waals surface area contributed by atoms with Crippen molar-refractivity contribution < 1.29 is 4.79 Å². The van der Waals surface area contributed by atoms with Gasteiger partial charge < -0.3 is 15.1 Å². The number of hydrogen-bond acceptors (Lipinski definition) is 6. The maximum absolute atomic E-state index is 12.1. The summed E-state index contributed by atoms with van der Waals surface area (Å²) in [6, 6.07) is 18.8. The number of benzene rings is 2. The number of pyridine rings is 1. The minimum Gasteiger partial charge on any atom is -0.367 e. The minimum atomic E-state index is -0.228.